The van der Waals surface area contributed by atoms with Crippen LogP contribution in [0.2, 0.25) is 5.02 Å². The second-order valence-corrected chi connectivity index (χ2v) is 5.90. The number of nitrogens with zero attached hydrogens (tertiary/aromatic N) is 4. The SMILES string of the molecule is COc1ccc(Cl)cc1CSc1nc2c(C#N)cnn2c(=O)[nH]1. The lowest BCUT2D eigenvalue weighted by molar-refractivity contribution is 0.411. The van der Waals surface area contributed by atoms with E-state index in [1.807, 2.05) is 6.07 Å². The van der Waals surface area contributed by atoms with Crippen LogP contribution < -0.4 is 10.4 Å². The molecule has 1 aromatic carbocycles. The number of hydrogen-bond acceptors (Lipinski definition) is 6. The smallest absolute Gasteiger partial charge is 0.350 e. The molecule has 0 aliphatic carbocycles. The van der Waals surface area contributed by atoms with E-state index in [4.69, 9.17) is 21.6 Å². The highest BCUT2D eigenvalue weighted by molar-refractivity contribution is 7.98. The van der Waals surface area contributed by atoms with Crippen molar-refractivity contribution in [1.82, 2.24) is 19.6 Å². The lowest BCUT2D eigenvalue weighted by Crippen LogP contribution is -2.19. The van der Waals surface area contributed by atoms with Gasteiger partial charge in [0.25, 0.3) is 0 Å². The molecule has 0 saturated carbocycles. The Balaban J connectivity index is 1.92. The first-order valence-corrected chi connectivity index (χ1v) is 7.82. The number of hydrogen-bond donors (Lipinski definition) is 1. The lowest BCUT2D eigenvalue weighted by atomic mass is 10.2. The van der Waals surface area contributed by atoms with Crippen LogP contribution in [0.3, 0.4) is 0 Å². The molecule has 0 atom stereocenters. The summed E-state index contributed by atoms with van der Waals surface area (Å²) in [6.07, 6.45) is 1.31. The van der Waals surface area contributed by atoms with Gasteiger partial charge in [-0.1, -0.05) is 23.4 Å². The minimum Gasteiger partial charge on any atom is -0.496 e. The summed E-state index contributed by atoms with van der Waals surface area (Å²) in [6, 6.07) is 7.28. The van der Waals surface area contributed by atoms with Gasteiger partial charge in [0.2, 0.25) is 0 Å². The van der Waals surface area contributed by atoms with Crippen LogP contribution >= 0.6 is 23.4 Å². The Bertz CT molecular complexity index is 975. The third-order valence-corrected chi connectivity index (χ3v) is 4.24. The van der Waals surface area contributed by atoms with E-state index in [0.29, 0.717) is 21.7 Å². The lowest BCUT2D eigenvalue weighted by Gasteiger charge is -2.08. The summed E-state index contributed by atoms with van der Waals surface area (Å²) in [5.74, 6) is 1.20. The standard InChI is InChI=1S/C14H10ClN5O2S/c1-22-11-3-2-10(15)4-8(11)7-23-13-18-12-9(5-16)6-17-20(12)14(21)19-13/h2-4,6H,7H2,1H3,(H,18,19,21). The van der Waals surface area contributed by atoms with Gasteiger partial charge >= 0.3 is 5.69 Å². The van der Waals surface area contributed by atoms with Gasteiger partial charge in [-0.15, -0.1) is 0 Å². The molecule has 0 saturated heterocycles. The highest BCUT2D eigenvalue weighted by atomic mass is 35.5. The molecule has 7 nitrogen and oxygen atoms in total. The van der Waals surface area contributed by atoms with Gasteiger partial charge in [0.15, 0.2) is 10.8 Å². The van der Waals surface area contributed by atoms with E-state index in [-0.39, 0.29) is 11.2 Å². The maximum atomic E-state index is 12.0. The van der Waals surface area contributed by atoms with E-state index in [2.05, 4.69) is 15.1 Å². The molecule has 0 radical (unpaired) electrons. The highest BCUT2D eigenvalue weighted by Gasteiger charge is 2.11. The fourth-order valence-corrected chi connectivity index (χ4v) is 3.04. The third-order valence-electron chi connectivity index (χ3n) is 3.08. The fraction of sp³-hybridized carbons (Fsp3) is 0.143. The van der Waals surface area contributed by atoms with Gasteiger partial charge in [-0.3, -0.25) is 4.98 Å². The molecular weight excluding hydrogens is 338 g/mol. The minimum absolute atomic E-state index is 0.233. The molecule has 0 unspecified atom stereocenters. The topological polar surface area (TPSA) is 96.1 Å². The summed E-state index contributed by atoms with van der Waals surface area (Å²) >= 11 is 7.31. The molecule has 23 heavy (non-hydrogen) atoms. The number of aromatic nitrogens is 4. The van der Waals surface area contributed by atoms with Crippen molar-refractivity contribution in [1.29, 1.82) is 5.26 Å². The minimum atomic E-state index is -0.447. The molecule has 3 rings (SSSR count). The van der Waals surface area contributed by atoms with Crippen LogP contribution in [0.25, 0.3) is 5.65 Å². The normalized spacial score (nSPS) is 10.7. The molecule has 1 N–H and O–H groups in total. The van der Waals surface area contributed by atoms with Crippen LogP contribution in [-0.4, -0.2) is 26.7 Å². The van der Waals surface area contributed by atoms with E-state index in [1.54, 1.807) is 25.3 Å². The van der Waals surface area contributed by atoms with Crippen LogP contribution in [0.4, 0.5) is 0 Å². The van der Waals surface area contributed by atoms with Gasteiger partial charge in [-0.25, -0.2) is 9.78 Å². The highest BCUT2D eigenvalue weighted by Crippen LogP contribution is 2.28. The second kappa shape index (κ2) is 6.32. The zero-order valence-electron chi connectivity index (χ0n) is 11.9. The van der Waals surface area contributed by atoms with Crippen LogP contribution in [-0.2, 0) is 5.75 Å². The Morgan fingerprint density at radius 1 is 1.52 bits per heavy atom. The van der Waals surface area contributed by atoms with Gasteiger partial charge in [0, 0.05) is 16.3 Å². The zero-order chi connectivity index (χ0) is 16.4. The van der Waals surface area contributed by atoms with Crippen molar-refractivity contribution >= 4 is 29.0 Å². The van der Waals surface area contributed by atoms with E-state index >= 15 is 0 Å². The van der Waals surface area contributed by atoms with E-state index < -0.39 is 5.69 Å². The molecule has 0 fully saturated rings. The van der Waals surface area contributed by atoms with Crippen molar-refractivity contribution in [3.63, 3.8) is 0 Å². The molecule has 3 aromatic rings. The Morgan fingerprint density at radius 3 is 3.09 bits per heavy atom. The first kappa shape index (κ1) is 15.4. The maximum absolute atomic E-state index is 12.0. The van der Waals surface area contributed by atoms with E-state index in [1.165, 1.54) is 18.0 Å². The molecule has 0 aliphatic rings. The van der Waals surface area contributed by atoms with Crippen molar-refractivity contribution < 1.29 is 4.74 Å². The molecular formula is C14H10ClN5O2S. The average Bonchev–Trinajstić information content (AvgIpc) is 2.96. The van der Waals surface area contributed by atoms with Gasteiger partial charge in [-0.05, 0) is 18.2 Å². The number of halogens is 1. The predicted octanol–water partition coefficient (Wildman–Crippen LogP) is 2.24. The fourth-order valence-electron chi connectivity index (χ4n) is 2.02. The zero-order valence-corrected chi connectivity index (χ0v) is 13.5. The number of ether oxygens (including phenoxy) is 1. The molecule has 0 spiro atoms. The molecule has 116 valence electrons. The number of methoxy groups -OCH3 is 1. The second-order valence-electron chi connectivity index (χ2n) is 4.50. The van der Waals surface area contributed by atoms with Crippen molar-refractivity contribution in [3.8, 4) is 11.8 Å². The van der Waals surface area contributed by atoms with Crippen molar-refractivity contribution in [2.75, 3.05) is 7.11 Å². The first-order chi connectivity index (χ1) is 11.1. The predicted molar refractivity (Wildman–Crippen MR) is 85.9 cm³/mol. The van der Waals surface area contributed by atoms with Gasteiger partial charge in [0.05, 0.1) is 13.3 Å². The maximum Gasteiger partial charge on any atom is 0.350 e. The van der Waals surface area contributed by atoms with Gasteiger partial charge in [0.1, 0.15) is 17.4 Å². The molecule has 0 bridgehead atoms. The third kappa shape index (κ3) is 3.02. The van der Waals surface area contributed by atoms with Crippen molar-refractivity contribution in [3.05, 3.63) is 51.0 Å². The van der Waals surface area contributed by atoms with Crippen LogP contribution in [0.1, 0.15) is 11.1 Å². The number of thioether (sulfide) groups is 1. The number of nitrogens with one attached hydrogen (secondary N) is 1. The largest absolute Gasteiger partial charge is 0.496 e. The van der Waals surface area contributed by atoms with Gasteiger partial charge in [-0.2, -0.15) is 14.9 Å². The summed E-state index contributed by atoms with van der Waals surface area (Å²) in [6.45, 7) is 0. The summed E-state index contributed by atoms with van der Waals surface area (Å²) in [7, 11) is 1.58. The number of aromatic amines is 1. The Labute approximate surface area is 139 Å². The molecule has 2 heterocycles. The Hall–Kier alpha value is -2.50. The van der Waals surface area contributed by atoms with Crippen molar-refractivity contribution in [2.45, 2.75) is 10.9 Å². The Morgan fingerprint density at radius 2 is 2.35 bits per heavy atom. The summed E-state index contributed by atoms with van der Waals surface area (Å²) in [4.78, 5) is 18.8. The number of benzene rings is 1. The Kier molecular flexibility index (Phi) is 4.23. The van der Waals surface area contributed by atoms with Crippen LogP contribution in [0.5, 0.6) is 5.75 Å². The summed E-state index contributed by atoms with van der Waals surface area (Å²) < 4.78 is 6.34. The first-order valence-electron chi connectivity index (χ1n) is 6.45. The van der Waals surface area contributed by atoms with Crippen molar-refractivity contribution in [2.24, 2.45) is 0 Å². The number of rotatable bonds is 4. The molecule has 9 heteroatoms. The molecule has 2 aromatic heterocycles. The number of H-pyrrole nitrogens is 1. The van der Waals surface area contributed by atoms with E-state index in [0.717, 1.165) is 10.1 Å². The summed E-state index contributed by atoms with van der Waals surface area (Å²) in [5.41, 5.74) is 0.911. The number of fused-ring (bicyclic) bond motifs is 1. The molecule has 0 aliphatic heterocycles. The van der Waals surface area contributed by atoms with E-state index in [9.17, 15) is 4.79 Å². The molecule has 0 amide bonds. The quantitative estimate of drug-likeness (QED) is 0.727. The number of nitriles is 1. The average molecular weight is 348 g/mol. The van der Waals surface area contributed by atoms with Gasteiger partial charge < -0.3 is 4.74 Å². The summed E-state index contributed by atoms with van der Waals surface area (Å²) in [5, 5.41) is 13.8. The van der Waals surface area contributed by atoms with Crippen LogP contribution in [0.15, 0.2) is 34.3 Å². The van der Waals surface area contributed by atoms with Crippen LogP contribution in [0, 0.1) is 11.3 Å². The monoisotopic (exact) mass is 347 g/mol.